The van der Waals surface area contributed by atoms with Gasteiger partial charge in [0.1, 0.15) is 18.2 Å². The number of hydrogen-bond donors (Lipinski definition) is 2. The van der Waals surface area contributed by atoms with Crippen LogP contribution in [0.5, 0.6) is 0 Å². The Kier molecular flexibility index (Phi) is 4.73. The number of hydrogen-bond acceptors (Lipinski definition) is 3. The molecule has 0 aliphatic rings. The highest BCUT2D eigenvalue weighted by Crippen LogP contribution is 2.12. The number of rotatable bonds is 5. The molecular formula is C11H11F2NO4. The first-order valence-corrected chi connectivity index (χ1v) is 4.99. The van der Waals surface area contributed by atoms with Gasteiger partial charge in [-0.3, -0.25) is 4.79 Å². The number of halogens is 2. The van der Waals surface area contributed by atoms with Gasteiger partial charge in [0, 0.05) is 11.8 Å². The van der Waals surface area contributed by atoms with Crippen LogP contribution >= 0.6 is 0 Å². The molecule has 0 aliphatic carbocycles. The number of anilines is 1. The van der Waals surface area contributed by atoms with E-state index in [9.17, 15) is 18.4 Å². The molecule has 0 heterocycles. The summed E-state index contributed by atoms with van der Waals surface area (Å²) in [5.41, 5.74) is -0.0657. The molecule has 0 bridgehead atoms. The molecule has 0 spiro atoms. The number of nitrogens with one attached hydrogen (secondary N) is 1. The lowest BCUT2D eigenvalue weighted by molar-refractivity contribution is -0.150. The Morgan fingerprint density at radius 3 is 2.39 bits per heavy atom. The minimum absolute atomic E-state index is 0.0657. The minimum atomic E-state index is -1.21. The van der Waals surface area contributed by atoms with Crippen molar-refractivity contribution in [2.45, 2.75) is 13.0 Å². The monoisotopic (exact) mass is 259 g/mol. The molecular weight excluding hydrogens is 248 g/mol. The number of carbonyl (C=O) groups is 2. The van der Waals surface area contributed by atoms with Crippen molar-refractivity contribution in [1.29, 1.82) is 0 Å². The highest BCUT2D eigenvalue weighted by atomic mass is 19.1. The van der Waals surface area contributed by atoms with Crippen LogP contribution in [0, 0.1) is 11.6 Å². The van der Waals surface area contributed by atoms with Crippen LogP contribution < -0.4 is 5.32 Å². The smallest absolute Gasteiger partial charge is 0.332 e. The van der Waals surface area contributed by atoms with Gasteiger partial charge in [0.15, 0.2) is 6.10 Å². The van der Waals surface area contributed by atoms with Gasteiger partial charge in [-0.1, -0.05) is 0 Å². The van der Waals surface area contributed by atoms with Crippen molar-refractivity contribution >= 4 is 17.6 Å². The molecule has 1 atom stereocenters. The van der Waals surface area contributed by atoms with Gasteiger partial charge in [0.2, 0.25) is 5.91 Å². The van der Waals surface area contributed by atoms with Crippen LogP contribution in [0.1, 0.15) is 6.92 Å². The van der Waals surface area contributed by atoms with Crippen LogP contribution in [0.3, 0.4) is 0 Å². The van der Waals surface area contributed by atoms with Crippen LogP contribution in [0.2, 0.25) is 0 Å². The van der Waals surface area contributed by atoms with Gasteiger partial charge in [0.05, 0.1) is 0 Å². The summed E-state index contributed by atoms with van der Waals surface area (Å²) in [6, 6.07) is 2.53. The lowest BCUT2D eigenvalue weighted by Crippen LogP contribution is -2.26. The fraction of sp³-hybridized carbons (Fsp3) is 0.273. The van der Waals surface area contributed by atoms with E-state index in [-0.39, 0.29) is 5.69 Å². The second kappa shape index (κ2) is 6.06. The van der Waals surface area contributed by atoms with E-state index in [0.29, 0.717) is 6.07 Å². The minimum Gasteiger partial charge on any atom is -0.479 e. The highest BCUT2D eigenvalue weighted by molar-refractivity contribution is 5.91. The summed E-state index contributed by atoms with van der Waals surface area (Å²) in [5, 5.41) is 10.7. The number of amides is 1. The van der Waals surface area contributed by atoms with Crippen molar-refractivity contribution in [3.8, 4) is 0 Å². The van der Waals surface area contributed by atoms with E-state index in [1.165, 1.54) is 6.92 Å². The standard InChI is InChI=1S/C11H11F2NO4/c1-6(11(16)17)18-5-10(15)14-9-3-7(12)2-8(13)4-9/h2-4,6H,5H2,1H3,(H,14,15)(H,16,17)/t6-/m1/s1. The zero-order chi connectivity index (χ0) is 13.7. The summed E-state index contributed by atoms with van der Waals surface area (Å²) in [6.45, 7) is 0.739. The summed E-state index contributed by atoms with van der Waals surface area (Å²) in [5.74, 6) is -3.57. The molecule has 0 aliphatic heterocycles. The fourth-order valence-corrected chi connectivity index (χ4v) is 1.10. The van der Waals surface area contributed by atoms with E-state index in [0.717, 1.165) is 12.1 Å². The molecule has 1 aromatic carbocycles. The predicted octanol–water partition coefficient (Wildman–Crippen LogP) is 1.39. The number of aliphatic carboxylic acids is 1. The molecule has 1 amide bonds. The Morgan fingerprint density at radius 2 is 1.89 bits per heavy atom. The molecule has 98 valence electrons. The van der Waals surface area contributed by atoms with Crippen molar-refractivity contribution in [2.24, 2.45) is 0 Å². The normalized spacial score (nSPS) is 11.9. The number of carbonyl (C=O) groups excluding carboxylic acids is 1. The third-order valence-electron chi connectivity index (χ3n) is 1.96. The third-order valence-corrected chi connectivity index (χ3v) is 1.96. The van der Waals surface area contributed by atoms with Crippen molar-refractivity contribution in [3.63, 3.8) is 0 Å². The van der Waals surface area contributed by atoms with Gasteiger partial charge >= 0.3 is 5.97 Å². The summed E-state index contributed by atoms with van der Waals surface area (Å²) >= 11 is 0. The van der Waals surface area contributed by atoms with Crippen molar-refractivity contribution < 1.29 is 28.2 Å². The molecule has 0 saturated heterocycles. The largest absolute Gasteiger partial charge is 0.479 e. The van der Waals surface area contributed by atoms with E-state index in [2.05, 4.69) is 5.32 Å². The quantitative estimate of drug-likeness (QED) is 0.837. The lowest BCUT2D eigenvalue weighted by atomic mass is 10.3. The van der Waals surface area contributed by atoms with Crippen LogP contribution in [0.25, 0.3) is 0 Å². The zero-order valence-corrected chi connectivity index (χ0v) is 9.44. The molecule has 1 aromatic rings. The zero-order valence-electron chi connectivity index (χ0n) is 9.44. The van der Waals surface area contributed by atoms with E-state index in [1.54, 1.807) is 0 Å². The number of carboxylic acid groups (broad SMARTS) is 1. The maximum atomic E-state index is 12.8. The molecule has 7 heteroatoms. The lowest BCUT2D eigenvalue weighted by Gasteiger charge is -2.09. The second-order valence-corrected chi connectivity index (χ2v) is 3.50. The topological polar surface area (TPSA) is 75.6 Å². The number of carboxylic acids is 1. The highest BCUT2D eigenvalue weighted by Gasteiger charge is 2.13. The van der Waals surface area contributed by atoms with E-state index in [1.807, 2.05) is 0 Å². The molecule has 5 nitrogen and oxygen atoms in total. The maximum Gasteiger partial charge on any atom is 0.332 e. The summed E-state index contributed by atoms with van der Waals surface area (Å²) < 4.78 is 30.3. The molecule has 0 aromatic heterocycles. The van der Waals surface area contributed by atoms with Crippen LogP contribution in [0.15, 0.2) is 18.2 Å². The fourth-order valence-electron chi connectivity index (χ4n) is 1.10. The maximum absolute atomic E-state index is 12.8. The average Bonchev–Trinajstić information content (AvgIpc) is 2.24. The third kappa shape index (κ3) is 4.46. The first-order chi connectivity index (χ1) is 8.38. The molecule has 2 N–H and O–H groups in total. The molecule has 0 fully saturated rings. The Hall–Kier alpha value is -2.02. The summed E-state index contributed by atoms with van der Waals surface area (Å²) in [7, 11) is 0. The Labute approximate surface area is 101 Å². The van der Waals surface area contributed by atoms with E-state index >= 15 is 0 Å². The predicted molar refractivity (Wildman–Crippen MR) is 58.0 cm³/mol. The number of benzene rings is 1. The summed E-state index contributed by atoms with van der Waals surface area (Å²) in [6.07, 6.45) is -1.14. The molecule has 18 heavy (non-hydrogen) atoms. The Bertz CT molecular complexity index is 444. The summed E-state index contributed by atoms with van der Waals surface area (Å²) in [4.78, 5) is 21.7. The van der Waals surface area contributed by atoms with Crippen LogP contribution in [-0.2, 0) is 14.3 Å². The Balaban J connectivity index is 2.52. The van der Waals surface area contributed by atoms with E-state index in [4.69, 9.17) is 9.84 Å². The van der Waals surface area contributed by atoms with Crippen molar-refractivity contribution in [2.75, 3.05) is 11.9 Å². The van der Waals surface area contributed by atoms with Crippen molar-refractivity contribution in [1.82, 2.24) is 0 Å². The first kappa shape index (κ1) is 14.0. The molecule has 0 radical (unpaired) electrons. The van der Waals surface area contributed by atoms with Gasteiger partial charge in [-0.15, -0.1) is 0 Å². The SMILES string of the molecule is C[C@@H](OCC(=O)Nc1cc(F)cc(F)c1)C(=O)O. The molecule has 1 rings (SSSR count). The number of ether oxygens (including phenoxy) is 1. The van der Waals surface area contributed by atoms with Crippen molar-refractivity contribution in [3.05, 3.63) is 29.8 Å². The average molecular weight is 259 g/mol. The van der Waals surface area contributed by atoms with E-state index < -0.39 is 36.2 Å². The first-order valence-electron chi connectivity index (χ1n) is 4.99. The Morgan fingerprint density at radius 1 is 1.33 bits per heavy atom. The van der Waals surface area contributed by atoms with Crippen LogP contribution in [-0.4, -0.2) is 29.7 Å². The molecule has 0 unspecified atom stereocenters. The van der Waals surface area contributed by atoms with Gasteiger partial charge in [-0.2, -0.15) is 0 Å². The van der Waals surface area contributed by atoms with Gasteiger partial charge < -0.3 is 15.2 Å². The second-order valence-electron chi connectivity index (χ2n) is 3.50. The van der Waals surface area contributed by atoms with Gasteiger partial charge in [0.25, 0.3) is 0 Å². The van der Waals surface area contributed by atoms with Crippen LogP contribution in [0.4, 0.5) is 14.5 Å². The molecule has 0 saturated carbocycles. The van der Waals surface area contributed by atoms with Gasteiger partial charge in [-0.25, -0.2) is 13.6 Å². The van der Waals surface area contributed by atoms with Gasteiger partial charge in [-0.05, 0) is 19.1 Å².